The molecule has 1 amide bonds. The van der Waals surface area contributed by atoms with Gasteiger partial charge in [0.05, 0.1) is 42.1 Å². The highest BCUT2D eigenvalue weighted by Gasteiger charge is 2.56. The summed E-state index contributed by atoms with van der Waals surface area (Å²) >= 11 is 6.77. The predicted octanol–water partition coefficient (Wildman–Crippen LogP) is 6.59. The summed E-state index contributed by atoms with van der Waals surface area (Å²) in [7, 11) is 0. The minimum atomic E-state index is -0.563. The normalized spacial score (nSPS) is 29.9. The molecule has 0 unspecified atom stereocenters. The molecule has 3 aromatic rings. The van der Waals surface area contributed by atoms with E-state index in [1.807, 2.05) is 12.4 Å². The minimum Gasteiger partial charge on any atom is -0.380 e. The number of hydrogen-bond donors (Lipinski definition) is 0. The first-order valence-corrected chi connectivity index (χ1v) is 17.3. The summed E-state index contributed by atoms with van der Waals surface area (Å²) in [5.41, 5.74) is 5.31. The zero-order valence-corrected chi connectivity index (χ0v) is 27.6. The molecular weight excluding hydrogens is 586 g/mol. The third kappa shape index (κ3) is 4.69. The van der Waals surface area contributed by atoms with Gasteiger partial charge in [-0.1, -0.05) is 37.6 Å². The molecule has 2 saturated heterocycles. The number of halogens is 1. The van der Waals surface area contributed by atoms with Crippen LogP contribution >= 0.6 is 11.6 Å². The van der Waals surface area contributed by atoms with Gasteiger partial charge in [-0.3, -0.25) is 14.5 Å². The van der Waals surface area contributed by atoms with Crippen LogP contribution in [0.2, 0.25) is 5.15 Å². The van der Waals surface area contributed by atoms with E-state index in [2.05, 4.69) is 65.2 Å². The molecule has 0 radical (unpaired) electrons. The number of pyridine rings is 1. The summed E-state index contributed by atoms with van der Waals surface area (Å²) in [6.45, 7) is 12.3. The number of carbonyl (C=O) groups excluding carboxylic acids is 2. The quantitative estimate of drug-likeness (QED) is 0.286. The molecule has 2 saturated carbocycles. The van der Waals surface area contributed by atoms with Gasteiger partial charge in [0.1, 0.15) is 11.3 Å². The maximum atomic E-state index is 14.7. The number of amides is 1. The first-order valence-electron chi connectivity index (χ1n) is 16.9. The van der Waals surface area contributed by atoms with E-state index in [0.717, 1.165) is 85.2 Å². The monoisotopic (exact) mass is 629 g/mol. The number of Topliss-reactive ketones (excluding diaryl/α,β-unsaturated/α-hetero) is 1. The predicted molar refractivity (Wildman–Crippen MR) is 176 cm³/mol. The van der Waals surface area contributed by atoms with Crippen LogP contribution in [-0.4, -0.2) is 69.5 Å². The Bertz CT molecular complexity index is 1680. The summed E-state index contributed by atoms with van der Waals surface area (Å²) in [5.74, 6) is 0.641. The van der Waals surface area contributed by atoms with Crippen LogP contribution in [-0.2, 0) is 19.7 Å². The maximum absolute atomic E-state index is 14.7. The fraction of sp³-hybridized carbons (Fsp3) is 0.611. The smallest absolute Gasteiger partial charge is 0.237 e. The molecule has 4 fully saturated rings. The number of hydrogen-bond acceptors (Lipinski definition) is 6. The van der Waals surface area contributed by atoms with Crippen LogP contribution < -0.4 is 4.90 Å². The van der Waals surface area contributed by atoms with Crippen LogP contribution in [0, 0.1) is 17.3 Å². The second kappa shape index (κ2) is 10.6. The zero-order chi connectivity index (χ0) is 31.2. The Kier molecular flexibility index (Phi) is 6.97. The van der Waals surface area contributed by atoms with Gasteiger partial charge in [-0.2, -0.15) is 0 Å². The molecule has 8 rings (SSSR count). The van der Waals surface area contributed by atoms with Gasteiger partial charge in [-0.15, -0.1) is 0 Å². The number of rotatable bonds is 6. The van der Waals surface area contributed by atoms with Crippen LogP contribution in [0.25, 0.3) is 22.3 Å². The number of carbonyl (C=O) groups is 2. The number of fused-ring (bicyclic) bond motifs is 3. The highest BCUT2D eigenvalue weighted by atomic mass is 35.5. The van der Waals surface area contributed by atoms with Gasteiger partial charge in [0.15, 0.2) is 5.15 Å². The molecule has 0 N–H and O–H groups in total. The van der Waals surface area contributed by atoms with Crippen LogP contribution in [0.4, 0.5) is 5.69 Å². The number of anilines is 1. The lowest BCUT2D eigenvalue weighted by atomic mass is 9.65. The Morgan fingerprint density at radius 1 is 1.04 bits per heavy atom. The third-order valence-corrected chi connectivity index (χ3v) is 12.0. The van der Waals surface area contributed by atoms with Crippen molar-refractivity contribution in [3.63, 3.8) is 0 Å². The number of imidazole rings is 1. The van der Waals surface area contributed by atoms with Gasteiger partial charge in [0.2, 0.25) is 5.91 Å². The molecular formula is C36H44ClN5O3. The van der Waals surface area contributed by atoms with Crippen LogP contribution in [0.1, 0.15) is 84.2 Å². The lowest BCUT2D eigenvalue weighted by Gasteiger charge is -2.46. The maximum Gasteiger partial charge on any atom is 0.237 e. The van der Waals surface area contributed by atoms with E-state index in [4.69, 9.17) is 21.3 Å². The van der Waals surface area contributed by atoms with Crippen molar-refractivity contribution in [1.82, 2.24) is 19.4 Å². The second-order valence-corrected chi connectivity index (χ2v) is 15.8. The van der Waals surface area contributed by atoms with Crippen molar-refractivity contribution in [1.29, 1.82) is 0 Å². The van der Waals surface area contributed by atoms with E-state index in [-0.39, 0.29) is 29.8 Å². The van der Waals surface area contributed by atoms with Crippen molar-refractivity contribution < 1.29 is 14.3 Å². The molecule has 3 aliphatic heterocycles. The number of ketones is 1. The molecule has 1 spiro atoms. The number of likely N-dealkylation sites (tertiary alicyclic amines) is 1. The molecule has 2 aliphatic carbocycles. The topological polar surface area (TPSA) is 80.6 Å². The van der Waals surface area contributed by atoms with Crippen molar-refractivity contribution in [3.8, 4) is 11.3 Å². The first-order chi connectivity index (χ1) is 21.5. The number of nitrogens with zero attached hydrogens (tertiary/aromatic N) is 5. The Morgan fingerprint density at radius 2 is 1.80 bits per heavy atom. The highest BCUT2D eigenvalue weighted by molar-refractivity contribution is 6.34. The van der Waals surface area contributed by atoms with E-state index in [1.165, 1.54) is 6.42 Å². The first kappa shape index (κ1) is 29.6. The van der Waals surface area contributed by atoms with E-state index >= 15 is 0 Å². The van der Waals surface area contributed by atoms with Gasteiger partial charge >= 0.3 is 0 Å². The second-order valence-electron chi connectivity index (χ2n) is 15.5. The molecule has 9 heteroatoms. The SMILES string of the molecule is CC(C)n1cnc2cc(-c3ccc4c(c3)N(C3CC(N5CCC(C)(C)C5)C3)C(=O)C43CCC(C(=O)C4COC4)CC3)nc(Cl)c21. The largest absolute Gasteiger partial charge is 0.380 e. The molecule has 5 heterocycles. The van der Waals surface area contributed by atoms with Crippen molar-refractivity contribution in [2.24, 2.45) is 17.3 Å². The average Bonchev–Trinajstić information content (AvgIpc) is 3.61. The van der Waals surface area contributed by atoms with Gasteiger partial charge < -0.3 is 14.2 Å². The molecule has 8 nitrogen and oxygen atoms in total. The van der Waals surface area contributed by atoms with E-state index < -0.39 is 5.41 Å². The molecule has 2 aromatic heterocycles. The third-order valence-electron chi connectivity index (χ3n) is 11.7. The van der Waals surface area contributed by atoms with Gasteiger partial charge in [0.25, 0.3) is 0 Å². The average molecular weight is 630 g/mol. The summed E-state index contributed by atoms with van der Waals surface area (Å²) in [5, 5.41) is 0.439. The summed E-state index contributed by atoms with van der Waals surface area (Å²) in [6.07, 6.45) is 8.04. The summed E-state index contributed by atoms with van der Waals surface area (Å²) < 4.78 is 7.36. The van der Waals surface area contributed by atoms with Crippen molar-refractivity contribution in [2.75, 3.05) is 31.2 Å². The van der Waals surface area contributed by atoms with E-state index in [1.54, 1.807) is 0 Å². The molecule has 1 aromatic carbocycles. The Hall–Kier alpha value is -2.81. The van der Waals surface area contributed by atoms with E-state index in [9.17, 15) is 9.59 Å². The summed E-state index contributed by atoms with van der Waals surface area (Å²) in [6, 6.07) is 9.38. The number of ether oxygens (including phenoxy) is 1. The summed E-state index contributed by atoms with van der Waals surface area (Å²) in [4.78, 5) is 42.0. The van der Waals surface area contributed by atoms with Crippen LogP contribution in [0.15, 0.2) is 30.6 Å². The lowest BCUT2D eigenvalue weighted by molar-refractivity contribution is -0.143. The molecule has 45 heavy (non-hydrogen) atoms. The molecule has 0 atom stereocenters. The fourth-order valence-corrected chi connectivity index (χ4v) is 9.10. The number of aromatic nitrogens is 3. The minimum absolute atomic E-state index is 0.0319. The van der Waals surface area contributed by atoms with Gasteiger partial charge in [0, 0.05) is 41.8 Å². The Balaban J connectivity index is 1.12. The standard InChI is InChI=1S/C36H44ClN5O3/c1-21(2)41-20-38-29-16-28(39-33(37)31(29)41)23-5-6-27-30(13-23)42(26-14-25(15-26)40-12-11-35(3,4)19-40)34(44)36(27)9-7-22(8-10-36)32(43)24-17-45-18-24/h5-6,13,16,20-22,24-26H,7-12,14-15,17-19H2,1-4H3. The molecule has 0 bridgehead atoms. The van der Waals surface area contributed by atoms with Gasteiger partial charge in [-0.25, -0.2) is 9.97 Å². The zero-order valence-electron chi connectivity index (χ0n) is 26.9. The number of benzene rings is 1. The lowest BCUT2D eigenvalue weighted by Crippen LogP contribution is -2.57. The van der Waals surface area contributed by atoms with Crippen molar-refractivity contribution in [3.05, 3.63) is 41.3 Å². The Morgan fingerprint density at radius 3 is 2.44 bits per heavy atom. The molecule has 5 aliphatic rings. The Labute approximate surface area is 270 Å². The van der Waals surface area contributed by atoms with Crippen LogP contribution in [0.3, 0.4) is 0 Å². The van der Waals surface area contributed by atoms with E-state index in [0.29, 0.717) is 35.6 Å². The van der Waals surface area contributed by atoms with Gasteiger partial charge in [-0.05, 0) is 88.4 Å². The fourth-order valence-electron chi connectivity index (χ4n) is 8.81. The highest BCUT2D eigenvalue weighted by Crippen LogP contribution is 2.55. The van der Waals surface area contributed by atoms with Crippen LogP contribution in [0.5, 0.6) is 0 Å². The van der Waals surface area contributed by atoms with Crippen molar-refractivity contribution in [2.45, 2.75) is 96.2 Å². The van der Waals surface area contributed by atoms with Crippen molar-refractivity contribution >= 4 is 40.0 Å². The molecule has 238 valence electrons.